The fourth-order valence-electron chi connectivity index (χ4n) is 1.91. The van der Waals surface area contributed by atoms with Gasteiger partial charge in [0.1, 0.15) is 0 Å². The lowest BCUT2D eigenvalue weighted by Gasteiger charge is -2.17. The molecule has 1 aliphatic carbocycles. The molecule has 0 heterocycles. The first-order valence-electron chi connectivity index (χ1n) is 6.39. The molecule has 18 heavy (non-hydrogen) atoms. The van der Waals surface area contributed by atoms with Gasteiger partial charge in [0, 0.05) is 0 Å². The van der Waals surface area contributed by atoms with E-state index in [1.54, 1.807) is 7.11 Å². The zero-order valence-corrected chi connectivity index (χ0v) is 12.5. The van der Waals surface area contributed by atoms with Crippen molar-refractivity contribution in [2.45, 2.75) is 38.2 Å². The molecule has 1 saturated carbocycles. The molecule has 0 amide bonds. The van der Waals surface area contributed by atoms with E-state index in [1.165, 1.54) is 5.56 Å². The second-order valence-corrected chi connectivity index (χ2v) is 5.68. The first-order chi connectivity index (χ1) is 8.65. The third kappa shape index (κ3) is 3.18. The van der Waals surface area contributed by atoms with Crippen LogP contribution in [0.4, 0.5) is 0 Å². The van der Waals surface area contributed by atoms with Crippen molar-refractivity contribution >= 4 is 15.9 Å². The van der Waals surface area contributed by atoms with E-state index >= 15 is 0 Å². The second kappa shape index (κ2) is 5.93. The Kier molecular flexibility index (Phi) is 4.51. The van der Waals surface area contributed by atoms with Gasteiger partial charge in [0.15, 0.2) is 11.5 Å². The number of hydrogen-bond acceptors (Lipinski definition) is 3. The topological polar surface area (TPSA) is 44.5 Å². The molecule has 1 aliphatic rings. The number of halogens is 1. The fraction of sp³-hybridized carbons (Fsp3) is 0.571. The van der Waals surface area contributed by atoms with Crippen molar-refractivity contribution in [3.05, 3.63) is 22.2 Å². The van der Waals surface area contributed by atoms with E-state index < -0.39 is 0 Å². The van der Waals surface area contributed by atoms with Crippen LogP contribution in [0.5, 0.6) is 11.5 Å². The van der Waals surface area contributed by atoms with Crippen LogP contribution in [0, 0.1) is 0 Å². The summed E-state index contributed by atoms with van der Waals surface area (Å²) >= 11 is 3.58. The van der Waals surface area contributed by atoms with Crippen LogP contribution >= 0.6 is 15.9 Å². The van der Waals surface area contributed by atoms with Crippen molar-refractivity contribution in [1.29, 1.82) is 0 Å². The molecule has 0 radical (unpaired) electrons. The highest BCUT2D eigenvalue weighted by Crippen LogP contribution is 2.41. The maximum atomic E-state index is 5.88. The average Bonchev–Trinajstić information content (AvgIpc) is 3.15. The van der Waals surface area contributed by atoms with Crippen molar-refractivity contribution in [3.63, 3.8) is 0 Å². The fourth-order valence-corrected chi connectivity index (χ4v) is 2.46. The lowest BCUT2D eigenvalue weighted by molar-refractivity contribution is 0.280. The van der Waals surface area contributed by atoms with Gasteiger partial charge in [0.2, 0.25) is 0 Å². The highest BCUT2D eigenvalue weighted by atomic mass is 79.9. The molecule has 2 N–H and O–H groups in total. The minimum atomic E-state index is 0.363. The van der Waals surface area contributed by atoms with E-state index in [0.717, 1.165) is 35.2 Å². The largest absolute Gasteiger partial charge is 0.493 e. The molecule has 1 aromatic rings. The maximum absolute atomic E-state index is 5.88. The monoisotopic (exact) mass is 313 g/mol. The number of rotatable bonds is 6. The molecule has 0 aromatic heterocycles. The zero-order chi connectivity index (χ0) is 13.1. The molecule has 1 fully saturated rings. The first kappa shape index (κ1) is 13.7. The zero-order valence-electron chi connectivity index (χ0n) is 10.9. The SMILES string of the molecule is COc1cc(C(C)CCN)cc(Br)c1OC1CC1. The molecule has 1 unspecified atom stereocenters. The van der Waals surface area contributed by atoms with Crippen LogP contribution in [-0.2, 0) is 0 Å². The van der Waals surface area contributed by atoms with Gasteiger partial charge in [0.05, 0.1) is 17.7 Å². The van der Waals surface area contributed by atoms with Gasteiger partial charge in [-0.25, -0.2) is 0 Å². The molecule has 2 rings (SSSR count). The Hall–Kier alpha value is -0.740. The van der Waals surface area contributed by atoms with E-state index in [2.05, 4.69) is 35.0 Å². The van der Waals surface area contributed by atoms with Crippen LogP contribution in [0.2, 0.25) is 0 Å². The smallest absolute Gasteiger partial charge is 0.175 e. The van der Waals surface area contributed by atoms with Gasteiger partial charge in [-0.3, -0.25) is 0 Å². The van der Waals surface area contributed by atoms with Gasteiger partial charge in [0.25, 0.3) is 0 Å². The molecule has 0 saturated heterocycles. The highest BCUT2D eigenvalue weighted by molar-refractivity contribution is 9.10. The summed E-state index contributed by atoms with van der Waals surface area (Å²) in [4.78, 5) is 0. The van der Waals surface area contributed by atoms with Gasteiger partial charge < -0.3 is 15.2 Å². The predicted molar refractivity (Wildman–Crippen MR) is 76.4 cm³/mol. The Bertz CT molecular complexity index is 419. The Morgan fingerprint density at radius 3 is 2.72 bits per heavy atom. The molecule has 0 bridgehead atoms. The quantitative estimate of drug-likeness (QED) is 0.874. The summed E-state index contributed by atoms with van der Waals surface area (Å²) in [5, 5.41) is 0. The van der Waals surface area contributed by atoms with Gasteiger partial charge in [-0.05, 0) is 65.4 Å². The molecule has 100 valence electrons. The van der Waals surface area contributed by atoms with Crippen LogP contribution in [0.1, 0.15) is 37.7 Å². The molecule has 3 nitrogen and oxygen atoms in total. The Morgan fingerprint density at radius 1 is 1.44 bits per heavy atom. The number of benzene rings is 1. The van der Waals surface area contributed by atoms with E-state index in [1.807, 2.05) is 0 Å². The standard InChI is InChI=1S/C14H20BrNO2/c1-9(5-6-16)10-7-12(15)14(13(8-10)17-2)18-11-3-4-11/h7-9,11H,3-6,16H2,1-2H3. The lowest BCUT2D eigenvalue weighted by Crippen LogP contribution is -2.06. The van der Waals surface area contributed by atoms with Crippen molar-refractivity contribution in [3.8, 4) is 11.5 Å². The molecule has 1 aromatic carbocycles. The number of ether oxygens (including phenoxy) is 2. The lowest BCUT2D eigenvalue weighted by atomic mass is 9.97. The summed E-state index contributed by atoms with van der Waals surface area (Å²) in [6.07, 6.45) is 3.61. The van der Waals surface area contributed by atoms with Crippen molar-refractivity contribution in [2.24, 2.45) is 5.73 Å². The summed E-state index contributed by atoms with van der Waals surface area (Å²) in [6.45, 7) is 2.87. The van der Waals surface area contributed by atoms with Crippen molar-refractivity contribution in [1.82, 2.24) is 0 Å². The third-order valence-corrected chi connectivity index (χ3v) is 3.82. The second-order valence-electron chi connectivity index (χ2n) is 4.83. The minimum Gasteiger partial charge on any atom is -0.493 e. The molecule has 4 heteroatoms. The van der Waals surface area contributed by atoms with E-state index in [0.29, 0.717) is 18.6 Å². The van der Waals surface area contributed by atoms with E-state index in [4.69, 9.17) is 15.2 Å². The van der Waals surface area contributed by atoms with E-state index in [-0.39, 0.29) is 0 Å². The minimum absolute atomic E-state index is 0.363. The number of nitrogens with two attached hydrogens (primary N) is 1. The van der Waals surface area contributed by atoms with Gasteiger partial charge in [-0.1, -0.05) is 6.92 Å². The van der Waals surface area contributed by atoms with Gasteiger partial charge >= 0.3 is 0 Å². The van der Waals surface area contributed by atoms with Gasteiger partial charge in [-0.15, -0.1) is 0 Å². The van der Waals surface area contributed by atoms with Crippen LogP contribution in [-0.4, -0.2) is 19.8 Å². The molecule has 1 atom stereocenters. The van der Waals surface area contributed by atoms with Crippen molar-refractivity contribution in [2.75, 3.05) is 13.7 Å². The average molecular weight is 314 g/mol. The number of hydrogen-bond donors (Lipinski definition) is 1. The summed E-state index contributed by atoms with van der Waals surface area (Å²) < 4.78 is 12.3. The third-order valence-electron chi connectivity index (χ3n) is 3.23. The maximum Gasteiger partial charge on any atom is 0.175 e. The Balaban J connectivity index is 2.26. The first-order valence-corrected chi connectivity index (χ1v) is 7.19. The van der Waals surface area contributed by atoms with Gasteiger partial charge in [-0.2, -0.15) is 0 Å². The molecular formula is C14H20BrNO2. The summed E-state index contributed by atoms with van der Waals surface area (Å²) in [5.74, 6) is 2.05. The molecular weight excluding hydrogens is 294 g/mol. The van der Waals surface area contributed by atoms with Crippen LogP contribution in [0.15, 0.2) is 16.6 Å². The molecule has 0 aliphatic heterocycles. The van der Waals surface area contributed by atoms with Crippen molar-refractivity contribution < 1.29 is 9.47 Å². The number of methoxy groups -OCH3 is 1. The van der Waals surface area contributed by atoms with Crippen LogP contribution < -0.4 is 15.2 Å². The van der Waals surface area contributed by atoms with E-state index in [9.17, 15) is 0 Å². The Morgan fingerprint density at radius 2 is 2.17 bits per heavy atom. The predicted octanol–water partition coefficient (Wildman–Crippen LogP) is 3.45. The highest BCUT2D eigenvalue weighted by Gasteiger charge is 2.26. The summed E-state index contributed by atoms with van der Waals surface area (Å²) in [7, 11) is 1.68. The molecule has 0 spiro atoms. The Labute approximate surface area is 117 Å². The normalized spacial score (nSPS) is 16.4. The van der Waals surface area contributed by atoms with Crippen LogP contribution in [0.3, 0.4) is 0 Å². The van der Waals surface area contributed by atoms with Crippen LogP contribution in [0.25, 0.3) is 0 Å². The summed E-state index contributed by atoms with van der Waals surface area (Å²) in [5.41, 5.74) is 6.84. The summed E-state index contributed by atoms with van der Waals surface area (Å²) in [6, 6.07) is 4.17.